The van der Waals surface area contributed by atoms with Crippen LogP contribution in [0.5, 0.6) is 0 Å². The van der Waals surface area contributed by atoms with Crippen LogP contribution in [0.25, 0.3) is 0 Å². The van der Waals surface area contributed by atoms with Crippen molar-refractivity contribution in [3.63, 3.8) is 0 Å². The highest BCUT2D eigenvalue weighted by Crippen LogP contribution is 2.23. The average molecular weight is 254 g/mol. The molecular formula is C15H26O3. The Balaban J connectivity index is 1.72. The highest BCUT2D eigenvalue weighted by Gasteiger charge is 2.20. The molecule has 1 saturated heterocycles. The first-order valence-electron chi connectivity index (χ1n) is 7.57. The van der Waals surface area contributed by atoms with E-state index in [1.165, 1.54) is 25.7 Å². The first kappa shape index (κ1) is 14.3. The normalized spacial score (nSPS) is 33.2. The van der Waals surface area contributed by atoms with Gasteiger partial charge >= 0.3 is 0 Å². The summed E-state index contributed by atoms with van der Waals surface area (Å²) >= 11 is 0. The molecule has 0 bridgehead atoms. The third kappa shape index (κ3) is 5.25. The van der Waals surface area contributed by atoms with Gasteiger partial charge in [-0.25, -0.2) is 5.11 Å². The summed E-state index contributed by atoms with van der Waals surface area (Å²) in [6.07, 6.45) is 12.4. The maximum Gasteiger partial charge on any atom is 0.116 e. The van der Waals surface area contributed by atoms with Crippen molar-refractivity contribution in [1.29, 1.82) is 0 Å². The fourth-order valence-corrected chi connectivity index (χ4v) is 2.82. The zero-order chi connectivity index (χ0) is 12.6. The van der Waals surface area contributed by atoms with Crippen molar-refractivity contribution in [1.82, 2.24) is 0 Å². The van der Waals surface area contributed by atoms with Crippen LogP contribution < -0.4 is 0 Å². The molecule has 3 atom stereocenters. The molecule has 0 aromatic rings. The van der Waals surface area contributed by atoms with E-state index < -0.39 is 6.10 Å². The average Bonchev–Trinajstić information content (AvgIpc) is 2.40. The molecule has 2 rings (SSSR count). The molecule has 3 heteroatoms. The molecule has 0 N–H and O–H groups in total. The van der Waals surface area contributed by atoms with Crippen molar-refractivity contribution >= 4 is 0 Å². The fraction of sp³-hybridized carbons (Fsp3) is 0.933. The third-order valence-corrected chi connectivity index (χ3v) is 3.93. The Bertz CT molecular complexity index is 202. The zero-order valence-electron chi connectivity index (χ0n) is 11.3. The van der Waals surface area contributed by atoms with Crippen LogP contribution in [0.4, 0.5) is 0 Å². The Labute approximate surface area is 111 Å². The van der Waals surface area contributed by atoms with Crippen LogP contribution in [0.15, 0.2) is 0 Å². The highest BCUT2D eigenvalue weighted by molar-refractivity contribution is 4.83. The van der Waals surface area contributed by atoms with Crippen LogP contribution in [-0.2, 0) is 14.6 Å². The van der Waals surface area contributed by atoms with Gasteiger partial charge in [0, 0.05) is 6.61 Å². The fourth-order valence-electron chi connectivity index (χ4n) is 2.82. The monoisotopic (exact) mass is 254 g/mol. The van der Waals surface area contributed by atoms with Gasteiger partial charge < -0.3 is 9.47 Å². The van der Waals surface area contributed by atoms with Gasteiger partial charge in [0.15, 0.2) is 0 Å². The largest absolute Gasteiger partial charge is 0.379 e. The molecule has 0 aromatic heterocycles. The van der Waals surface area contributed by atoms with Gasteiger partial charge in [0.05, 0.1) is 18.8 Å². The molecule has 1 saturated carbocycles. The third-order valence-electron chi connectivity index (χ3n) is 3.93. The second kappa shape index (κ2) is 8.13. The van der Waals surface area contributed by atoms with E-state index in [1.807, 2.05) is 0 Å². The minimum Gasteiger partial charge on any atom is -0.379 e. The summed E-state index contributed by atoms with van der Waals surface area (Å²) in [7, 11) is 0. The van der Waals surface area contributed by atoms with Gasteiger partial charge in [0.25, 0.3) is 0 Å². The SMILES string of the molecule is [O]C1CCCCC(OC2[CH]CCCC2)CCOC1. The molecule has 0 amide bonds. The minimum absolute atomic E-state index is 0.326. The second-order valence-electron chi connectivity index (χ2n) is 5.59. The molecule has 18 heavy (non-hydrogen) atoms. The topological polar surface area (TPSA) is 38.4 Å². The van der Waals surface area contributed by atoms with Crippen molar-refractivity contribution in [3.05, 3.63) is 6.42 Å². The Kier molecular flexibility index (Phi) is 6.46. The maximum absolute atomic E-state index is 11.4. The molecule has 1 aliphatic carbocycles. The summed E-state index contributed by atoms with van der Waals surface area (Å²) in [6, 6.07) is 0. The summed E-state index contributed by atoms with van der Waals surface area (Å²) in [5.41, 5.74) is 0. The maximum atomic E-state index is 11.4. The summed E-state index contributed by atoms with van der Waals surface area (Å²) in [5.74, 6) is 0. The molecule has 2 fully saturated rings. The van der Waals surface area contributed by atoms with Crippen molar-refractivity contribution in [2.75, 3.05) is 13.2 Å². The van der Waals surface area contributed by atoms with Crippen molar-refractivity contribution in [2.45, 2.75) is 76.1 Å². The van der Waals surface area contributed by atoms with E-state index in [4.69, 9.17) is 9.47 Å². The van der Waals surface area contributed by atoms with Gasteiger partial charge in [-0.15, -0.1) is 0 Å². The quantitative estimate of drug-likeness (QED) is 0.758. The predicted molar refractivity (Wildman–Crippen MR) is 69.8 cm³/mol. The molecular weight excluding hydrogens is 228 g/mol. The molecule has 3 unspecified atom stereocenters. The van der Waals surface area contributed by atoms with Crippen LogP contribution >= 0.6 is 0 Å². The van der Waals surface area contributed by atoms with E-state index in [0.29, 0.717) is 25.4 Å². The van der Waals surface area contributed by atoms with Gasteiger partial charge in [-0.05, 0) is 38.5 Å². The van der Waals surface area contributed by atoms with E-state index in [9.17, 15) is 5.11 Å². The number of hydrogen-bond donors (Lipinski definition) is 0. The van der Waals surface area contributed by atoms with E-state index in [0.717, 1.165) is 32.1 Å². The molecule has 1 heterocycles. The van der Waals surface area contributed by atoms with Crippen LogP contribution in [0.3, 0.4) is 0 Å². The highest BCUT2D eigenvalue weighted by atomic mass is 16.5. The molecule has 2 radical (unpaired) electrons. The van der Waals surface area contributed by atoms with Crippen molar-refractivity contribution < 1.29 is 14.6 Å². The van der Waals surface area contributed by atoms with Crippen LogP contribution in [0.2, 0.25) is 0 Å². The van der Waals surface area contributed by atoms with Crippen molar-refractivity contribution in [2.24, 2.45) is 0 Å². The van der Waals surface area contributed by atoms with Crippen molar-refractivity contribution in [3.8, 4) is 0 Å². The van der Waals surface area contributed by atoms with E-state index in [2.05, 4.69) is 6.42 Å². The number of hydrogen-bond acceptors (Lipinski definition) is 2. The van der Waals surface area contributed by atoms with Crippen LogP contribution in [0.1, 0.15) is 57.8 Å². The zero-order valence-corrected chi connectivity index (χ0v) is 11.3. The Morgan fingerprint density at radius 1 is 1.00 bits per heavy atom. The first-order chi connectivity index (χ1) is 8.84. The summed E-state index contributed by atoms with van der Waals surface area (Å²) in [6.45, 7) is 1.05. The molecule has 2 aliphatic rings. The van der Waals surface area contributed by atoms with Crippen LogP contribution in [0, 0.1) is 6.42 Å². The van der Waals surface area contributed by atoms with E-state index in [-0.39, 0.29) is 0 Å². The summed E-state index contributed by atoms with van der Waals surface area (Å²) in [5, 5.41) is 11.4. The molecule has 3 nitrogen and oxygen atoms in total. The van der Waals surface area contributed by atoms with E-state index in [1.54, 1.807) is 0 Å². The predicted octanol–water partition coefficient (Wildman–Crippen LogP) is 3.30. The lowest BCUT2D eigenvalue weighted by Crippen LogP contribution is -2.27. The first-order valence-corrected chi connectivity index (χ1v) is 7.57. The molecule has 0 aromatic carbocycles. The smallest absolute Gasteiger partial charge is 0.116 e. The molecule has 1 aliphatic heterocycles. The standard InChI is InChI=1S/C15H26O3/c16-13-6-4-5-9-15(10-11-17-12-13)18-14-7-2-1-3-8-14/h7,13-15H,1-6,8-12H2. The number of rotatable bonds is 2. The van der Waals surface area contributed by atoms with Crippen LogP contribution in [-0.4, -0.2) is 31.5 Å². The van der Waals surface area contributed by atoms with Gasteiger partial charge in [-0.1, -0.05) is 25.7 Å². The Hall–Kier alpha value is -0.120. The van der Waals surface area contributed by atoms with Gasteiger partial charge in [-0.2, -0.15) is 0 Å². The Morgan fingerprint density at radius 3 is 2.67 bits per heavy atom. The van der Waals surface area contributed by atoms with Gasteiger partial charge in [-0.3, -0.25) is 0 Å². The van der Waals surface area contributed by atoms with E-state index >= 15 is 0 Å². The molecule has 104 valence electrons. The minimum atomic E-state index is -0.519. The molecule has 0 spiro atoms. The summed E-state index contributed by atoms with van der Waals surface area (Å²) < 4.78 is 11.6. The lowest BCUT2D eigenvalue weighted by Gasteiger charge is -2.28. The van der Waals surface area contributed by atoms with Gasteiger partial charge in [0.1, 0.15) is 6.10 Å². The Morgan fingerprint density at radius 2 is 1.83 bits per heavy atom. The van der Waals surface area contributed by atoms with Gasteiger partial charge in [0.2, 0.25) is 0 Å². The lowest BCUT2D eigenvalue weighted by molar-refractivity contribution is -0.0525. The summed E-state index contributed by atoms with van der Waals surface area (Å²) in [4.78, 5) is 0. The number of ether oxygens (including phenoxy) is 2. The second-order valence-corrected chi connectivity index (χ2v) is 5.59. The lowest BCUT2D eigenvalue weighted by atomic mass is 9.97.